The first kappa shape index (κ1) is 26.2. The van der Waals surface area contributed by atoms with Crippen LogP contribution in [0, 0.1) is 11.3 Å². The van der Waals surface area contributed by atoms with Crippen molar-refractivity contribution in [3.05, 3.63) is 77.5 Å². The average Bonchev–Trinajstić information content (AvgIpc) is 2.99. The standard InChI is InChI=1S/C31H41N7/c32-29(26-13-15-27(16-14-26)38-20-18-33-19-21-38)28-23-36-31(34-17-7-12-24-8-3-1-4-9-24)37-30(28)35-22-25-10-5-2-6-11-25/h1,3-4,8-9,13-16,23,25,32-33H,2,5-7,10-12,17-22H2,(H2,34,35,36,37). The number of hydrogen-bond donors (Lipinski definition) is 4. The van der Waals surface area contributed by atoms with Crippen LogP contribution < -0.4 is 20.9 Å². The molecule has 5 rings (SSSR count). The van der Waals surface area contributed by atoms with Gasteiger partial charge in [-0.1, -0.05) is 61.7 Å². The van der Waals surface area contributed by atoms with Gasteiger partial charge in [0.25, 0.3) is 0 Å². The van der Waals surface area contributed by atoms with E-state index in [0.29, 0.717) is 17.6 Å². The van der Waals surface area contributed by atoms with E-state index in [1.165, 1.54) is 43.4 Å². The summed E-state index contributed by atoms with van der Waals surface area (Å²) in [5, 5.41) is 19.4. The van der Waals surface area contributed by atoms with Crippen LogP contribution in [0.2, 0.25) is 0 Å². The van der Waals surface area contributed by atoms with Crippen LogP contribution in [0.4, 0.5) is 17.5 Å². The Kier molecular flexibility index (Phi) is 9.21. The SMILES string of the molecule is N=C(c1ccc(N2CCNCC2)cc1)c1cnc(NCCCc2ccccc2)nc1NCC1CCCCC1. The van der Waals surface area contributed by atoms with Gasteiger partial charge in [0.1, 0.15) is 5.82 Å². The molecule has 7 nitrogen and oxygen atoms in total. The molecule has 1 saturated heterocycles. The third-order valence-corrected chi connectivity index (χ3v) is 7.75. The summed E-state index contributed by atoms with van der Waals surface area (Å²) in [4.78, 5) is 11.8. The fourth-order valence-corrected chi connectivity index (χ4v) is 5.47. The van der Waals surface area contributed by atoms with Crippen molar-refractivity contribution in [3.8, 4) is 0 Å². The van der Waals surface area contributed by atoms with Crippen molar-refractivity contribution >= 4 is 23.2 Å². The van der Waals surface area contributed by atoms with Crippen LogP contribution in [0.25, 0.3) is 0 Å². The molecule has 38 heavy (non-hydrogen) atoms. The van der Waals surface area contributed by atoms with Gasteiger partial charge in [-0.2, -0.15) is 4.98 Å². The minimum absolute atomic E-state index is 0.457. The summed E-state index contributed by atoms with van der Waals surface area (Å²) in [6, 6.07) is 18.9. The van der Waals surface area contributed by atoms with Crippen LogP contribution in [0.5, 0.6) is 0 Å². The molecule has 0 amide bonds. The maximum Gasteiger partial charge on any atom is 0.224 e. The first-order chi connectivity index (χ1) is 18.8. The van der Waals surface area contributed by atoms with Crippen molar-refractivity contribution < 1.29 is 0 Å². The maximum atomic E-state index is 9.02. The van der Waals surface area contributed by atoms with Crippen LogP contribution in [0.1, 0.15) is 55.2 Å². The van der Waals surface area contributed by atoms with E-state index in [1.807, 2.05) is 6.20 Å². The van der Waals surface area contributed by atoms with Gasteiger partial charge in [0.15, 0.2) is 0 Å². The highest BCUT2D eigenvalue weighted by Crippen LogP contribution is 2.26. The van der Waals surface area contributed by atoms with E-state index in [9.17, 15) is 0 Å². The number of nitrogens with zero attached hydrogens (tertiary/aromatic N) is 3. The van der Waals surface area contributed by atoms with Gasteiger partial charge < -0.3 is 20.9 Å². The molecule has 1 saturated carbocycles. The molecule has 3 aromatic rings. The van der Waals surface area contributed by atoms with Gasteiger partial charge in [-0.05, 0) is 49.3 Å². The number of anilines is 3. The second kappa shape index (κ2) is 13.4. The summed E-state index contributed by atoms with van der Waals surface area (Å²) in [6.45, 7) is 5.75. The molecule has 7 heteroatoms. The highest BCUT2D eigenvalue weighted by molar-refractivity contribution is 6.13. The molecule has 4 N–H and O–H groups in total. The Balaban J connectivity index is 1.27. The van der Waals surface area contributed by atoms with E-state index >= 15 is 0 Å². The zero-order valence-corrected chi connectivity index (χ0v) is 22.4. The highest BCUT2D eigenvalue weighted by atomic mass is 15.2. The summed E-state index contributed by atoms with van der Waals surface area (Å²) in [5.41, 5.74) is 4.66. The number of nitrogens with one attached hydrogen (secondary N) is 4. The van der Waals surface area contributed by atoms with Gasteiger partial charge in [-0.15, -0.1) is 0 Å². The quantitative estimate of drug-likeness (QED) is 0.205. The lowest BCUT2D eigenvalue weighted by atomic mass is 9.89. The number of rotatable bonds is 11. The van der Waals surface area contributed by atoms with Crippen LogP contribution in [0.3, 0.4) is 0 Å². The number of piperazine rings is 1. The second-order valence-corrected chi connectivity index (χ2v) is 10.5. The molecular formula is C31H41N7. The molecular weight excluding hydrogens is 470 g/mol. The third-order valence-electron chi connectivity index (χ3n) is 7.75. The van der Waals surface area contributed by atoms with E-state index in [0.717, 1.165) is 69.1 Å². The van der Waals surface area contributed by atoms with Crippen molar-refractivity contribution in [1.29, 1.82) is 5.41 Å². The van der Waals surface area contributed by atoms with Crippen molar-refractivity contribution in [2.45, 2.75) is 44.9 Å². The van der Waals surface area contributed by atoms with E-state index in [-0.39, 0.29) is 0 Å². The van der Waals surface area contributed by atoms with Crippen LogP contribution in [-0.4, -0.2) is 54.9 Å². The number of benzene rings is 2. The van der Waals surface area contributed by atoms with E-state index in [1.54, 1.807) is 0 Å². The largest absolute Gasteiger partial charge is 0.369 e. The average molecular weight is 512 g/mol. The Morgan fingerprint density at radius 1 is 0.947 bits per heavy atom. The van der Waals surface area contributed by atoms with Crippen LogP contribution >= 0.6 is 0 Å². The van der Waals surface area contributed by atoms with Gasteiger partial charge in [-0.25, -0.2) is 4.98 Å². The topological polar surface area (TPSA) is 89.0 Å². The van der Waals surface area contributed by atoms with Crippen LogP contribution in [0.15, 0.2) is 60.8 Å². The number of aromatic nitrogens is 2. The molecule has 200 valence electrons. The van der Waals surface area contributed by atoms with Crippen molar-refractivity contribution in [2.24, 2.45) is 5.92 Å². The summed E-state index contributed by atoms with van der Waals surface area (Å²) in [5.74, 6) is 2.04. The summed E-state index contributed by atoms with van der Waals surface area (Å²) < 4.78 is 0. The normalized spacial score (nSPS) is 16.3. The number of aryl methyl sites for hydroxylation is 1. The van der Waals surface area contributed by atoms with Crippen molar-refractivity contribution in [2.75, 3.05) is 54.8 Å². The van der Waals surface area contributed by atoms with E-state index < -0.39 is 0 Å². The molecule has 2 fully saturated rings. The molecule has 0 atom stereocenters. The first-order valence-corrected chi connectivity index (χ1v) is 14.3. The minimum atomic E-state index is 0.457. The van der Waals surface area contributed by atoms with E-state index in [2.05, 4.69) is 80.4 Å². The van der Waals surface area contributed by atoms with Gasteiger partial charge in [-0.3, -0.25) is 5.41 Å². The lowest BCUT2D eigenvalue weighted by Gasteiger charge is -2.29. The van der Waals surface area contributed by atoms with Crippen molar-refractivity contribution in [3.63, 3.8) is 0 Å². The molecule has 1 aliphatic carbocycles. The van der Waals surface area contributed by atoms with Gasteiger partial charge >= 0.3 is 0 Å². The molecule has 1 aromatic heterocycles. The fraction of sp³-hybridized carbons (Fsp3) is 0.452. The molecule has 0 bridgehead atoms. The van der Waals surface area contributed by atoms with Crippen molar-refractivity contribution in [1.82, 2.24) is 15.3 Å². The molecule has 1 aliphatic heterocycles. The van der Waals surface area contributed by atoms with E-state index in [4.69, 9.17) is 10.4 Å². The Labute approximate surface area is 227 Å². The second-order valence-electron chi connectivity index (χ2n) is 10.5. The summed E-state index contributed by atoms with van der Waals surface area (Å²) in [7, 11) is 0. The van der Waals surface area contributed by atoms with Gasteiger partial charge in [0, 0.05) is 56.7 Å². The molecule has 2 aliphatic rings. The highest BCUT2D eigenvalue weighted by Gasteiger charge is 2.18. The monoisotopic (exact) mass is 511 g/mol. The summed E-state index contributed by atoms with van der Waals surface area (Å²) >= 11 is 0. The Morgan fingerprint density at radius 2 is 1.71 bits per heavy atom. The lowest BCUT2D eigenvalue weighted by Crippen LogP contribution is -2.43. The number of hydrogen-bond acceptors (Lipinski definition) is 7. The molecule has 2 aromatic carbocycles. The Bertz CT molecular complexity index is 1150. The molecule has 0 unspecified atom stereocenters. The minimum Gasteiger partial charge on any atom is -0.369 e. The van der Waals surface area contributed by atoms with Crippen LogP contribution in [-0.2, 0) is 6.42 Å². The maximum absolute atomic E-state index is 9.02. The first-order valence-electron chi connectivity index (χ1n) is 14.3. The lowest BCUT2D eigenvalue weighted by molar-refractivity contribution is 0.373. The molecule has 2 heterocycles. The Morgan fingerprint density at radius 3 is 2.47 bits per heavy atom. The zero-order chi connectivity index (χ0) is 26.0. The molecule has 0 radical (unpaired) electrons. The molecule has 0 spiro atoms. The van der Waals surface area contributed by atoms with Gasteiger partial charge in [0.05, 0.1) is 11.3 Å². The predicted molar refractivity (Wildman–Crippen MR) is 158 cm³/mol. The Hall–Kier alpha value is -3.45. The fourth-order valence-electron chi connectivity index (χ4n) is 5.47. The smallest absolute Gasteiger partial charge is 0.224 e. The third kappa shape index (κ3) is 7.10. The van der Waals surface area contributed by atoms with Gasteiger partial charge in [0.2, 0.25) is 5.95 Å². The summed E-state index contributed by atoms with van der Waals surface area (Å²) in [6.07, 6.45) is 10.3. The zero-order valence-electron chi connectivity index (χ0n) is 22.4. The predicted octanol–water partition coefficient (Wildman–Crippen LogP) is 5.34.